The average molecular weight is 282 g/mol. The highest BCUT2D eigenvalue weighted by atomic mass is 32.1. The molecule has 2 heterocycles. The SMILES string of the molecule is O=C1CC(=O)N(C=C2C(=O)NC(=O)NC2=O)C(=S)N1. The normalized spacial score (nSPS) is 20.0. The van der Waals surface area contributed by atoms with E-state index >= 15 is 0 Å². The van der Waals surface area contributed by atoms with Crippen molar-refractivity contribution in [2.75, 3.05) is 0 Å². The van der Waals surface area contributed by atoms with Crippen LogP contribution in [0.1, 0.15) is 6.42 Å². The molecule has 10 heteroatoms. The number of hydrogen-bond acceptors (Lipinski definition) is 6. The Morgan fingerprint density at radius 3 is 2.11 bits per heavy atom. The van der Waals surface area contributed by atoms with E-state index in [-0.39, 0.29) is 5.11 Å². The number of carbonyl (C=O) groups excluding carboxylic acids is 5. The Morgan fingerprint density at radius 1 is 1.00 bits per heavy atom. The van der Waals surface area contributed by atoms with Crippen LogP contribution in [0.2, 0.25) is 0 Å². The molecule has 0 unspecified atom stereocenters. The van der Waals surface area contributed by atoms with E-state index in [9.17, 15) is 24.0 Å². The highest BCUT2D eigenvalue weighted by molar-refractivity contribution is 7.80. The zero-order valence-electron chi connectivity index (χ0n) is 9.18. The summed E-state index contributed by atoms with van der Waals surface area (Å²) in [5.74, 6) is -3.17. The number of imide groups is 2. The first-order valence-corrected chi connectivity index (χ1v) is 5.33. The topological polar surface area (TPSA) is 125 Å². The quantitative estimate of drug-likeness (QED) is 0.218. The summed E-state index contributed by atoms with van der Waals surface area (Å²) in [7, 11) is 0. The van der Waals surface area contributed by atoms with Gasteiger partial charge >= 0.3 is 6.03 Å². The van der Waals surface area contributed by atoms with Crippen LogP contribution in [0.3, 0.4) is 0 Å². The summed E-state index contributed by atoms with van der Waals surface area (Å²) >= 11 is 4.75. The number of thiocarbonyl (C=S) groups is 1. The van der Waals surface area contributed by atoms with Crippen molar-refractivity contribution in [2.24, 2.45) is 0 Å². The summed E-state index contributed by atoms with van der Waals surface area (Å²) in [6.07, 6.45) is 0.424. The van der Waals surface area contributed by atoms with E-state index in [1.54, 1.807) is 0 Å². The van der Waals surface area contributed by atoms with E-state index in [2.05, 4.69) is 5.32 Å². The van der Waals surface area contributed by atoms with Gasteiger partial charge in [-0.2, -0.15) is 0 Å². The largest absolute Gasteiger partial charge is 0.328 e. The third-order valence-electron chi connectivity index (χ3n) is 2.25. The Bertz CT molecular complexity index is 539. The van der Waals surface area contributed by atoms with Gasteiger partial charge in [0.25, 0.3) is 11.8 Å². The Kier molecular flexibility index (Phi) is 3.09. The molecule has 0 aromatic rings. The fourth-order valence-electron chi connectivity index (χ4n) is 1.41. The lowest BCUT2D eigenvalue weighted by molar-refractivity contribution is -0.133. The van der Waals surface area contributed by atoms with Crippen LogP contribution in [0, 0.1) is 0 Å². The molecule has 0 spiro atoms. The van der Waals surface area contributed by atoms with Gasteiger partial charge in [-0.05, 0) is 12.2 Å². The van der Waals surface area contributed by atoms with Gasteiger partial charge in [0.2, 0.25) is 11.8 Å². The summed E-state index contributed by atoms with van der Waals surface area (Å²) in [6.45, 7) is 0. The van der Waals surface area contributed by atoms with Crippen molar-refractivity contribution in [3.05, 3.63) is 11.8 Å². The first-order chi connectivity index (χ1) is 8.88. The lowest BCUT2D eigenvalue weighted by Crippen LogP contribution is -2.54. The fraction of sp³-hybridized carbons (Fsp3) is 0.111. The molecule has 0 aromatic carbocycles. The molecule has 2 aliphatic rings. The molecule has 0 saturated carbocycles. The van der Waals surface area contributed by atoms with Gasteiger partial charge in [-0.15, -0.1) is 0 Å². The smallest absolute Gasteiger partial charge is 0.302 e. The second-order valence-electron chi connectivity index (χ2n) is 3.57. The molecule has 0 radical (unpaired) electrons. The monoisotopic (exact) mass is 282 g/mol. The Labute approximate surface area is 111 Å². The molecule has 3 N–H and O–H groups in total. The van der Waals surface area contributed by atoms with Gasteiger partial charge in [-0.25, -0.2) is 4.79 Å². The number of nitrogens with zero attached hydrogens (tertiary/aromatic N) is 1. The second-order valence-corrected chi connectivity index (χ2v) is 3.96. The van der Waals surface area contributed by atoms with Crippen molar-refractivity contribution in [2.45, 2.75) is 6.42 Å². The Morgan fingerprint density at radius 2 is 1.58 bits per heavy atom. The standard InChI is InChI=1S/C9H6N4O5S/c14-4-1-5(15)13(9(19)10-4)2-3-6(16)11-8(18)12-7(3)17/h2H,1H2,(H,10,14,19)(H2,11,12,16,17,18). The number of carbonyl (C=O) groups is 5. The molecular weight excluding hydrogens is 276 g/mol. The van der Waals surface area contributed by atoms with Crippen molar-refractivity contribution < 1.29 is 24.0 Å². The van der Waals surface area contributed by atoms with Gasteiger partial charge in [-0.3, -0.25) is 34.7 Å². The molecule has 0 aromatic heterocycles. The third-order valence-corrected chi connectivity index (χ3v) is 2.55. The van der Waals surface area contributed by atoms with Crippen molar-refractivity contribution in [3.63, 3.8) is 0 Å². The summed E-state index contributed by atoms with van der Waals surface area (Å²) < 4.78 is 0. The van der Waals surface area contributed by atoms with Crippen LogP contribution < -0.4 is 16.0 Å². The number of urea groups is 1. The van der Waals surface area contributed by atoms with Gasteiger partial charge in [0.05, 0.1) is 0 Å². The number of rotatable bonds is 1. The summed E-state index contributed by atoms with van der Waals surface area (Å²) in [6, 6.07) is -0.951. The van der Waals surface area contributed by atoms with Crippen LogP contribution in [0.4, 0.5) is 4.79 Å². The lowest BCUT2D eigenvalue weighted by Gasteiger charge is -2.25. The van der Waals surface area contributed by atoms with E-state index in [4.69, 9.17) is 12.2 Å². The van der Waals surface area contributed by atoms with Gasteiger partial charge in [0.15, 0.2) is 5.11 Å². The predicted octanol–water partition coefficient (Wildman–Crippen LogP) is -2.13. The zero-order chi connectivity index (χ0) is 14.2. The van der Waals surface area contributed by atoms with Crippen molar-refractivity contribution in [1.82, 2.24) is 20.9 Å². The van der Waals surface area contributed by atoms with E-state index in [0.717, 1.165) is 11.1 Å². The van der Waals surface area contributed by atoms with Crippen LogP contribution in [-0.2, 0) is 19.2 Å². The summed E-state index contributed by atoms with van der Waals surface area (Å²) in [5, 5.41) is 5.65. The number of nitrogens with one attached hydrogen (secondary N) is 3. The second kappa shape index (κ2) is 4.57. The van der Waals surface area contributed by atoms with Crippen LogP contribution in [0.15, 0.2) is 11.8 Å². The molecule has 9 nitrogen and oxygen atoms in total. The van der Waals surface area contributed by atoms with E-state index in [1.165, 1.54) is 0 Å². The minimum Gasteiger partial charge on any atom is -0.302 e. The molecular formula is C9H6N4O5S. The minimum absolute atomic E-state index is 0.244. The van der Waals surface area contributed by atoms with Gasteiger partial charge in [0.1, 0.15) is 12.0 Å². The Balaban J connectivity index is 2.29. The summed E-state index contributed by atoms with van der Waals surface area (Å²) in [4.78, 5) is 57.1. The molecule has 2 saturated heterocycles. The van der Waals surface area contributed by atoms with Gasteiger partial charge in [0, 0.05) is 6.20 Å². The van der Waals surface area contributed by atoms with Crippen LogP contribution >= 0.6 is 12.2 Å². The fourth-order valence-corrected chi connectivity index (χ4v) is 1.68. The maximum Gasteiger partial charge on any atom is 0.328 e. The highest BCUT2D eigenvalue weighted by Gasteiger charge is 2.32. The zero-order valence-corrected chi connectivity index (χ0v) is 10.00. The van der Waals surface area contributed by atoms with Gasteiger partial charge < -0.3 is 5.32 Å². The number of barbiturate groups is 1. The lowest BCUT2D eigenvalue weighted by atomic mass is 10.2. The number of amides is 6. The molecule has 0 atom stereocenters. The Hall–Kier alpha value is -2.62. The average Bonchev–Trinajstić information content (AvgIpc) is 2.25. The predicted molar refractivity (Wildman–Crippen MR) is 62.0 cm³/mol. The van der Waals surface area contributed by atoms with Crippen LogP contribution in [-0.4, -0.2) is 39.7 Å². The first-order valence-electron chi connectivity index (χ1n) is 4.93. The molecule has 98 valence electrons. The van der Waals surface area contributed by atoms with E-state index < -0.39 is 41.7 Å². The molecule has 2 aliphatic heterocycles. The maximum absolute atomic E-state index is 11.6. The summed E-state index contributed by atoms with van der Waals surface area (Å²) in [5.41, 5.74) is -0.466. The van der Waals surface area contributed by atoms with Gasteiger partial charge in [-0.1, -0.05) is 0 Å². The van der Waals surface area contributed by atoms with Crippen molar-refractivity contribution in [3.8, 4) is 0 Å². The molecule has 2 fully saturated rings. The van der Waals surface area contributed by atoms with E-state index in [0.29, 0.717) is 0 Å². The molecule has 19 heavy (non-hydrogen) atoms. The first kappa shape index (κ1) is 12.8. The van der Waals surface area contributed by atoms with Crippen molar-refractivity contribution in [1.29, 1.82) is 0 Å². The highest BCUT2D eigenvalue weighted by Crippen LogP contribution is 2.09. The van der Waals surface area contributed by atoms with Crippen LogP contribution in [0.25, 0.3) is 0 Å². The van der Waals surface area contributed by atoms with E-state index in [1.807, 2.05) is 10.6 Å². The number of hydrogen-bond donors (Lipinski definition) is 3. The minimum atomic E-state index is -0.957. The maximum atomic E-state index is 11.6. The third kappa shape index (κ3) is 2.47. The molecule has 2 rings (SSSR count). The molecule has 0 bridgehead atoms. The molecule has 6 amide bonds. The molecule has 0 aliphatic carbocycles. The van der Waals surface area contributed by atoms with Crippen LogP contribution in [0.5, 0.6) is 0 Å². The van der Waals surface area contributed by atoms with Crippen molar-refractivity contribution >= 4 is 47.0 Å².